The summed E-state index contributed by atoms with van der Waals surface area (Å²) in [5, 5.41) is 2.86. The summed E-state index contributed by atoms with van der Waals surface area (Å²) in [6.45, 7) is 0.442. The molecular weight excluding hydrogens is 282 g/mol. The van der Waals surface area contributed by atoms with E-state index in [2.05, 4.69) is 5.32 Å². The van der Waals surface area contributed by atoms with Gasteiger partial charge in [0.25, 0.3) is 5.91 Å². The Morgan fingerprint density at radius 2 is 1.50 bits per heavy atom. The number of amides is 1. The number of carbonyl (C=O) groups excluding carboxylic acids is 1. The topological polar surface area (TPSA) is 56.8 Å². The molecule has 0 bridgehead atoms. The van der Waals surface area contributed by atoms with Crippen molar-refractivity contribution in [3.63, 3.8) is 0 Å². The summed E-state index contributed by atoms with van der Waals surface area (Å²) in [6, 6.07) is 12.9. The van der Waals surface area contributed by atoms with E-state index in [-0.39, 0.29) is 5.91 Å². The number of hydrogen-bond donors (Lipinski definition) is 1. The largest absolute Gasteiger partial charge is 0.496 e. The molecule has 2 rings (SSSR count). The lowest BCUT2D eigenvalue weighted by Gasteiger charge is -2.14. The molecule has 0 radical (unpaired) electrons. The van der Waals surface area contributed by atoms with Crippen LogP contribution in [0.25, 0.3) is 0 Å². The normalized spacial score (nSPS) is 9.95. The molecule has 1 N–H and O–H groups in total. The molecule has 0 fully saturated rings. The van der Waals surface area contributed by atoms with E-state index in [1.54, 1.807) is 12.1 Å². The SMILES string of the molecule is COc1cc(OC)c(C(=O)NCc2ccccc2)cc1OC. The van der Waals surface area contributed by atoms with Gasteiger partial charge in [0.2, 0.25) is 0 Å². The van der Waals surface area contributed by atoms with Crippen molar-refractivity contribution in [1.82, 2.24) is 5.32 Å². The van der Waals surface area contributed by atoms with Crippen molar-refractivity contribution in [1.29, 1.82) is 0 Å². The minimum absolute atomic E-state index is 0.235. The molecule has 5 heteroatoms. The van der Waals surface area contributed by atoms with Gasteiger partial charge in [0.15, 0.2) is 11.5 Å². The van der Waals surface area contributed by atoms with Crippen LogP contribution >= 0.6 is 0 Å². The maximum absolute atomic E-state index is 12.4. The highest BCUT2D eigenvalue weighted by Gasteiger charge is 2.17. The third-order valence-electron chi connectivity index (χ3n) is 3.25. The molecule has 5 nitrogen and oxygen atoms in total. The summed E-state index contributed by atoms with van der Waals surface area (Å²) < 4.78 is 15.7. The van der Waals surface area contributed by atoms with Gasteiger partial charge in [-0.25, -0.2) is 0 Å². The third kappa shape index (κ3) is 3.49. The van der Waals surface area contributed by atoms with E-state index in [9.17, 15) is 4.79 Å². The van der Waals surface area contributed by atoms with Crippen molar-refractivity contribution in [3.8, 4) is 17.2 Å². The molecule has 0 aliphatic heterocycles. The van der Waals surface area contributed by atoms with E-state index in [1.807, 2.05) is 30.3 Å². The van der Waals surface area contributed by atoms with Crippen LogP contribution in [0.2, 0.25) is 0 Å². The first-order valence-corrected chi connectivity index (χ1v) is 6.81. The lowest BCUT2D eigenvalue weighted by atomic mass is 10.1. The Balaban J connectivity index is 2.21. The molecule has 0 spiro atoms. The molecule has 1 amide bonds. The van der Waals surface area contributed by atoms with E-state index < -0.39 is 0 Å². The highest BCUT2D eigenvalue weighted by Crippen LogP contribution is 2.34. The van der Waals surface area contributed by atoms with Gasteiger partial charge in [0, 0.05) is 18.7 Å². The predicted molar refractivity (Wildman–Crippen MR) is 83.7 cm³/mol. The van der Waals surface area contributed by atoms with Gasteiger partial charge in [-0.3, -0.25) is 4.79 Å². The molecule has 0 unspecified atom stereocenters. The number of rotatable bonds is 6. The van der Waals surface area contributed by atoms with E-state index in [0.717, 1.165) is 5.56 Å². The maximum atomic E-state index is 12.4. The average molecular weight is 301 g/mol. The molecule has 0 aliphatic rings. The van der Waals surface area contributed by atoms with Gasteiger partial charge in [-0.2, -0.15) is 0 Å². The van der Waals surface area contributed by atoms with Crippen molar-refractivity contribution in [2.45, 2.75) is 6.54 Å². The number of ether oxygens (including phenoxy) is 3. The van der Waals surface area contributed by atoms with E-state index in [4.69, 9.17) is 14.2 Å². The monoisotopic (exact) mass is 301 g/mol. The fraction of sp³-hybridized carbons (Fsp3) is 0.235. The molecule has 0 saturated carbocycles. The van der Waals surface area contributed by atoms with Crippen molar-refractivity contribution < 1.29 is 19.0 Å². The van der Waals surface area contributed by atoms with Crippen LogP contribution in [0, 0.1) is 0 Å². The summed E-state index contributed by atoms with van der Waals surface area (Å²) in [5.74, 6) is 1.19. The zero-order valence-electron chi connectivity index (χ0n) is 12.9. The molecule has 2 aromatic rings. The molecule has 0 atom stereocenters. The van der Waals surface area contributed by atoms with Gasteiger partial charge in [-0.05, 0) is 5.56 Å². The van der Waals surface area contributed by atoms with Crippen molar-refractivity contribution in [3.05, 3.63) is 53.6 Å². The first-order valence-electron chi connectivity index (χ1n) is 6.81. The summed E-state index contributed by atoms with van der Waals surface area (Å²) in [7, 11) is 4.57. The van der Waals surface area contributed by atoms with Gasteiger partial charge in [0.1, 0.15) is 5.75 Å². The Hall–Kier alpha value is -2.69. The summed E-state index contributed by atoms with van der Waals surface area (Å²) in [5.41, 5.74) is 1.42. The lowest BCUT2D eigenvalue weighted by molar-refractivity contribution is 0.0947. The lowest BCUT2D eigenvalue weighted by Crippen LogP contribution is -2.23. The van der Waals surface area contributed by atoms with Crippen LogP contribution in [0.5, 0.6) is 17.2 Å². The van der Waals surface area contributed by atoms with Crippen molar-refractivity contribution in [2.75, 3.05) is 21.3 Å². The Morgan fingerprint density at radius 1 is 0.909 bits per heavy atom. The Morgan fingerprint density at radius 3 is 2.09 bits per heavy atom. The number of carbonyl (C=O) groups is 1. The molecule has 22 heavy (non-hydrogen) atoms. The molecule has 0 aliphatic carbocycles. The van der Waals surface area contributed by atoms with Crippen LogP contribution in [0.4, 0.5) is 0 Å². The van der Waals surface area contributed by atoms with Crippen LogP contribution in [0.15, 0.2) is 42.5 Å². The summed E-state index contributed by atoms with van der Waals surface area (Å²) in [6.07, 6.45) is 0. The zero-order valence-corrected chi connectivity index (χ0v) is 12.9. The minimum Gasteiger partial charge on any atom is -0.496 e. The van der Waals surface area contributed by atoms with E-state index in [1.165, 1.54) is 21.3 Å². The number of hydrogen-bond acceptors (Lipinski definition) is 4. The van der Waals surface area contributed by atoms with Crippen LogP contribution in [0.1, 0.15) is 15.9 Å². The quantitative estimate of drug-likeness (QED) is 0.891. The predicted octanol–water partition coefficient (Wildman–Crippen LogP) is 2.64. The smallest absolute Gasteiger partial charge is 0.255 e. The molecule has 116 valence electrons. The third-order valence-corrected chi connectivity index (χ3v) is 3.25. The first-order chi connectivity index (χ1) is 10.7. The van der Waals surface area contributed by atoms with Gasteiger partial charge in [0.05, 0.1) is 26.9 Å². The second-order valence-corrected chi connectivity index (χ2v) is 4.58. The Bertz CT molecular complexity index is 641. The number of methoxy groups -OCH3 is 3. The van der Waals surface area contributed by atoms with E-state index in [0.29, 0.717) is 29.4 Å². The maximum Gasteiger partial charge on any atom is 0.255 e. The highest BCUT2D eigenvalue weighted by molar-refractivity contribution is 5.97. The average Bonchev–Trinajstić information content (AvgIpc) is 2.59. The fourth-order valence-electron chi connectivity index (χ4n) is 2.08. The van der Waals surface area contributed by atoms with Crippen molar-refractivity contribution in [2.24, 2.45) is 0 Å². The van der Waals surface area contributed by atoms with Gasteiger partial charge >= 0.3 is 0 Å². The fourth-order valence-corrected chi connectivity index (χ4v) is 2.08. The molecule has 0 heterocycles. The van der Waals surface area contributed by atoms with Crippen LogP contribution in [0.3, 0.4) is 0 Å². The van der Waals surface area contributed by atoms with Crippen molar-refractivity contribution >= 4 is 5.91 Å². The summed E-state index contributed by atoms with van der Waals surface area (Å²) >= 11 is 0. The van der Waals surface area contributed by atoms with Crippen LogP contribution in [-0.2, 0) is 6.54 Å². The standard InChI is InChI=1S/C17H19NO4/c1-20-14-10-16(22-3)15(21-2)9-13(14)17(19)18-11-12-7-5-4-6-8-12/h4-10H,11H2,1-3H3,(H,18,19). The number of nitrogens with one attached hydrogen (secondary N) is 1. The van der Waals surface area contributed by atoms with Crippen LogP contribution in [-0.4, -0.2) is 27.2 Å². The zero-order chi connectivity index (χ0) is 15.9. The van der Waals surface area contributed by atoms with Gasteiger partial charge in [-0.15, -0.1) is 0 Å². The highest BCUT2D eigenvalue weighted by atomic mass is 16.5. The molecule has 0 aromatic heterocycles. The minimum atomic E-state index is -0.235. The first kappa shape index (κ1) is 15.7. The Labute approximate surface area is 129 Å². The van der Waals surface area contributed by atoms with Gasteiger partial charge in [-0.1, -0.05) is 30.3 Å². The van der Waals surface area contributed by atoms with Gasteiger partial charge < -0.3 is 19.5 Å². The second-order valence-electron chi connectivity index (χ2n) is 4.58. The molecular formula is C17H19NO4. The van der Waals surface area contributed by atoms with Crippen LogP contribution < -0.4 is 19.5 Å². The molecule has 2 aromatic carbocycles. The summed E-state index contributed by atoms with van der Waals surface area (Å²) in [4.78, 5) is 12.4. The Kier molecular flexibility index (Phi) is 5.25. The number of benzene rings is 2. The van der Waals surface area contributed by atoms with E-state index >= 15 is 0 Å². The molecule has 0 saturated heterocycles. The second kappa shape index (κ2) is 7.36.